The lowest BCUT2D eigenvalue weighted by molar-refractivity contribution is -0.118. The van der Waals surface area contributed by atoms with Gasteiger partial charge in [-0.15, -0.1) is 0 Å². The van der Waals surface area contributed by atoms with Gasteiger partial charge in [0.2, 0.25) is 5.91 Å². The van der Waals surface area contributed by atoms with Gasteiger partial charge in [-0.3, -0.25) is 4.79 Å². The summed E-state index contributed by atoms with van der Waals surface area (Å²) in [5, 5.41) is 15.8. The molecule has 0 heterocycles. The minimum absolute atomic E-state index is 0.0982. The third-order valence-electron chi connectivity index (χ3n) is 3.00. The SMILES string of the molecule is CC(C)C(=O)Nc1cccc(C(O)CNC(C)(C)C)c1F. The molecule has 1 aromatic rings. The summed E-state index contributed by atoms with van der Waals surface area (Å²) < 4.78 is 14.4. The number of hydrogen-bond acceptors (Lipinski definition) is 3. The normalized spacial score (nSPS) is 13.3. The standard InChI is InChI=1S/C16H25FN2O2/c1-10(2)15(21)19-12-8-6-7-11(14(12)17)13(20)9-18-16(3,4)5/h6-8,10,13,18,20H,9H2,1-5H3,(H,19,21). The number of hydrogen-bond donors (Lipinski definition) is 3. The largest absolute Gasteiger partial charge is 0.387 e. The predicted molar refractivity (Wildman–Crippen MR) is 82.6 cm³/mol. The Morgan fingerprint density at radius 1 is 1.33 bits per heavy atom. The average molecular weight is 296 g/mol. The van der Waals surface area contributed by atoms with Crippen molar-refractivity contribution in [1.29, 1.82) is 0 Å². The molecule has 0 saturated heterocycles. The van der Waals surface area contributed by atoms with E-state index in [4.69, 9.17) is 0 Å². The Labute approximate surface area is 125 Å². The van der Waals surface area contributed by atoms with Crippen molar-refractivity contribution in [3.05, 3.63) is 29.6 Å². The summed E-state index contributed by atoms with van der Waals surface area (Å²) >= 11 is 0. The number of halogens is 1. The Hall–Kier alpha value is -1.46. The van der Waals surface area contributed by atoms with Gasteiger partial charge in [0.25, 0.3) is 0 Å². The zero-order valence-corrected chi connectivity index (χ0v) is 13.3. The molecule has 1 aromatic carbocycles. The number of anilines is 1. The van der Waals surface area contributed by atoms with Crippen LogP contribution in [0.2, 0.25) is 0 Å². The molecular formula is C16H25FN2O2. The quantitative estimate of drug-likeness (QED) is 0.783. The summed E-state index contributed by atoms with van der Waals surface area (Å²) in [5.41, 5.74) is 0.107. The fourth-order valence-corrected chi connectivity index (χ4v) is 1.69. The molecule has 1 rings (SSSR count). The van der Waals surface area contributed by atoms with E-state index in [0.717, 1.165) is 0 Å². The maximum atomic E-state index is 14.4. The molecule has 0 aromatic heterocycles. The van der Waals surface area contributed by atoms with Gasteiger partial charge in [-0.2, -0.15) is 0 Å². The summed E-state index contributed by atoms with van der Waals surface area (Å²) in [7, 11) is 0. The summed E-state index contributed by atoms with van der Waals surface area (Å²) in [6, 6.07) is 4.63. The Balaban J connectivity index is 2.87. The maximum absolute atomic E-state index is 14.4. The van der Waals surface area contributed by atoms with Crippen molar-refractivity contribution >= 4 is 11.6 Å². The molecule has 118 valence electrons. The number of amides is 1. The van der Waals surface area contributed by atoms with Crippen molar-refractivity contribution in [3.63, 3.8) is 0 Å². The summed E-state index contributed by atoms with van der Waals surface area (Å²) in [6.07, 6.45) is -0.972. The first-order valence-corrected chi connectivity index (χ1v) is 7.14. The van der Waals surface area contributed by atoms with Gasteiger partial charge in [-0.05, 0) is 26.8 Å². The second kappa shape index (κ2) is 7.00. The number of β-amino-alcohol motifs (C(OH)–C–C–N with tert-alkyl or cyclic N) is 1. The van der Waals surface area contributed by atoms with E-state index in [1.807, 2.05) is 20.8 Å². The third kappa shape index (κ3) is 5.44. The number of benzene rings is 1. The zero-order chi connectivity index (χ0) is 16.2. The van der Waals surface area contributed by atoms with Gasteiger partial charge in [-0.1, -0.05) is 26.0 Å². The molecule has 0 bridgehead atoms. The third-order valence-corrected chi connectivity index (χ3v) is 3.00. The highest BCUT2D eigenvalue weighted by molar-refractivity contribution is 5.92. The van der Waals surface area contributed by atoms with Gasteiger partial charge < -0.3 is 15.7 Å². The molecule has 0 saturated carbocycles. The van der Waals surface area contributed by atoms with Crippen LogP contribution in [-0.2, 0) is 4.79 Å². The summed E-state index contributed by atoms with van der Waals surface area (Å²) in [4.78, 5) is 11.7. The van der Waals surface area contributed by atoms with Crippen LogP contribution in [0.5, 0.6) is 0 Å². The highest BCUT2D eigenvalue weighted by atomic mass is 19.1. The van der Waals surface area contributed by atoms with Crippen molar-refractivity contribution in [2.75, 3.05) is 11.9 Å². The van der Waals surface area contributed by atoms with E-state index in [1.165, 1.54) is 12.1 Å². The second-order valence-corrected chi connectivity index (χ2v) is 6.50. The van der Waals surface area contributed by atoms with Crippen LogP contribution in [0, 0.1) is 11.7 Å². The minimum Gasteiger partial charge on any atom is -0.387 e. The maximum Gasteiger partial charge on any atom is 0.227 e. The van der Waals surface area contributed by atoms with E-state index in [-0.39, 0.29) is 35.2 Å². The molecule has 0 aliphatic carbocycles. The van der Waals surface area contributed by atoms with E-state index in [2.05, 4.69) is 10.6 Å². The first kappa shape index (κ1) is 17.6. The van der Waals surface area contributed by atoms with Gasteiger partial charge in [0.15, 0.2) is 5.82 Å². The number of rotatable bonds is 5. The predicted octanol–water partition coefficient (Wildman–Crippen LogP) is 2.84. The zero-order valence-electron chi connectivity index (χ0n) is 13.3. The topological polar surface area (TPSA) is 61.4 Å². The fourth-order valence-electron chi connectivity index (χ4n) is 1.69. The van der Waals surface area contributed by atoms with Crippen molar-refractivity contribution in [1.82, 2.24) is 5.32 Å². The minimum atomic E-state index is -0.972. The highest BCUT2D eigenvalue weighted by Gasteiger charge is 2.19. The lowest BCUT2D eigenvalue weighted by Gasteiger charge is -2.23. The summed E-state index contributed by atoms with van der Waals surface area (Å²) in [6.45, 7) is 9.61. The van der Waals surface area contributed by atoms with Crippen LogP contribution < -0.4 is 10.6 Å². The van der Waals surface area contributed by atoms with E-state index in [0.29, 0.717) is 0 Å². The Morgan fingerprint density at radius 2 is 1.95 bits per heavy atom. The number of nitrogens with one attached hydrogen (secondary N) is 2. The molecule has 1 amide bonds. The van der Waals surface area contributed by atoms with Gasteiger partial charge >= 0.3 is 0 Å². The molecule has 21 heavy (non-hydrogen) atoms. The number of carbonyl (C=O) groups excluding carboxylic acids is 1. The summed E-state index contributed by atoms with van der Waals surface area (Å²) in [5.74, 6) is -1.08. The van der Waals surface area contributed by atoms with E-state index < -0.39 is 11.9 Å². The molecule has 0 radical (unpaired) electrons. The van der Waals surface area contributed by atoms with Crippen molar-refractivity contribution in [2.24, 2.45) is 5.92 Å². The Bertz CT molecular complexity index is 496. The molecule has 0 spiro atoms. The second-order valence-electron chi connectivity index (χ2n) is 6.50. The molecule has 0 aliphatic heterocycles. The van der Waals surface area contributed by atoms with Crippen LogP contribution in [0.3, 0.4) is 0 Å². The molecule has 0 fully saturated rings. The lowest BCUT2D eigenvalue weighted by atomic mass is 10.0. The lowest BCUT2D eigenvalue weighted by Crippen LogP contribution is -2.38. The number of aliphatic hydroxyl groups excluding tert-OH is 1. The van der Waals surface area contributed by atoms with Crippen molar-refractivity contribution in [3.8, 4) is 0 Å². The first-order valence-electron chi connectivity index (χ1n) is 7.14. The van der Waals surface area contributed by atoms with Crippen LogP contribution in [0.1, 0.15) is 46.3 Å². The van der Waals surface area contributed by atoms with E-state index >= 15 is 0 Å². The van der Waals surface area contributed by atoms with Crippen LogP contribution in [0.25, 0.3) is 0 Å². The van der Waals surface area contributed by atoms with Crippen molar-refractivity contribution < 1.29 is 14.3 Å². The Morgan fingerprint density at radius 3 is 2.48 bits per heavy atom. The average Bonchev–Trinajstić information content (AvgIpc) is 2.37. The number of carbonyl (C=O) groups is 1. The molecule has 0 aliphatic rings. The van der Waals surface area contributed by atoms with E-state index in [9.17, 15) is 14.3 Å². The highest BCUT2D eigenvalue weighted by Crippen LogP contribution is 2.24. The molecule has 3 N–H and O–H groups in total. The van der Waals surface area contributed by atoms with Crippen molar-refractivity contribution in [2.45, 2.75) is 46.3 Å². The molecule has 4 nitrogen and oxygen atoms in total. The Kier molecular flexibility index (Phi) is 5.87. The molecule has 1 unspecified atom stereocenters. The molecule has 5 heteroatoms. The van der Waals surface area contributed by atoms with Gasteiger partial charge in [0.05, 0.1) is 11.8 Å². The number of aliphatic hydroxyl groups is 1. The van der Waals surface area contributed by atoms with Crippen LogP contribution in [0.15, 0.2) is 18.2 Å². The monoisotopic (exact) mass is 296 g/mol. The van der Waals surface area contributed by atoms with Crippen LogP contribution >= 0.6 is 0 Å². The van der Waals surface area contributed by atoms with Crippen LogP contribution in [0.4, 0.5) is 10.1 Å². The first-order chi connectivity index (χ1) is 9.61. The van der Waals surface area contributed by atoms with Crippen LogP contribution in [-0.4, -0.2) is 23.1 Å². The van der Waals surface area contributed by atoms with Gasteiger partial charge in [0, 0.05) is 23.6 Å². The van der Waals surface area contributed by atoms with E-state index in [1.54, 1.807) is 19.9 Å². The van der Waals surface area contributed by atoms with Gasteiger partial charge in [0.1, 0.15) is 0 Å². The molecule has 1 atom stereocenters. The fraction of sp³-hybridized carbons (Fsp3) is 0.562. The molecular weight excluding hydrogens is 271 g/mol. The van der Waals surface area contributed by atoms with Gasteiger partial charge in [-0.25, -0.2) is 4.39 Å². The smallest absolute Gasteiger partial charge is 0.227 e.